The molecule has 6 nitrogen and oxygen atoms in total. The Morgan fingerprint density at radius 2 is 1.97 bits per heavy atom. The molecule has 0 N–H and O–H groups in total. The summed E-state index contributed by atoms with van der Waals surface area (Å²) in [6.45, 7) is 3.58. The fourth-order valence-electron chi connectivity index (χ4n) is 3.73. The fraction of sp³-hybridized carbons (Fsp3) is 0.524. The van der Waals surface area contributed by atoms with Crippen molar-refractivity contribution in [3.63, 3.8) is 0 Å². The predicted octanol–water partition coefficient (Wildman–Crippen LogP) is 3.10. The van der Waals surface area contributed by atoms with Crippen LogP contribution in [0.5, 0.6) is 5.75 Å². The SMILES string of the molecule is COCCN(C1CCN(CCc2cccs2)CC1)S(=O)(=O)c1cccc(OC)c1. The molecule has 1 fully saturated rings. The maximum Gasteiger partial charge on any atom is 0.243 e. The number of thiophene rings is 1. The Labute approximate surface area is 178 Å². The minimum Gasteiger partial charge on any atom is -0.497 e. The van der Waals surface area contributed by atoms with Crippen LogP contribution in [0.2, 0.25) is 0 Å². The summed E-state index contributed by atoms with van der Waals surface area (Å²) in [5, 5.41) is 2.11. The second kappa shape index (κ2) is 10.5. The van der Waals surface area contributed by atoms with Crippen molar-refractivity contribution < 1.29 is 17.9 Å². The van der Waals surface area contributed by atoms with E-state index in [-0.39, 0.29) is 10.9 Å². The van der Waals surface area contributed by atoms with Crippen LogP contribution in [0.25, 0.3) is 0 Å². The highest BCUT2D eigenvalue weighted by molar-refractivity contribution is 7.89. The van der Waals surface area contributed by atoms with Crippen LogP contribution in [0, 0.1) is 0 Å². The third-order valence-electron chi connectivity index (χ3n) is 5.38. The molecular formula is C21H30N2O4S2. The van der Waals surface area contributed by atoms with E-state index >= 15 is 0 Å². The van der Waals surface area contributed by atoms with Crippen LogP contribution in [0.4, 0.5) is 0 Å². The summed E-state index contributed by atoms with van der Waals surface area (Å²) in [4.78, 5) is 4.10. The van der Waals surface area contributed by atoms with Gasteiger partial charge in [0, 0.05) is 37.2 Å². The fourth-order valence-corrected chi connectivity index (χ4v) is 6.13. The summed E-state index contributed by atoms with van der Waals surface area (Å²) in [7, 11) is -0.472. The Morgan fingerprint density at radius 1 is 1.17 bits per heavy atom. The van der Waals surface area contributed by atoms with Gasteiger partial charge >= 0.3 is 0 Å². The Balaban J connectivity index is 1.67. The molecule has 0 amide bonds. The molecule has 1 aliphatic rings. The van der Waals surface area contributed by atoms with E-state index in [4.69, 9.17) is 9.47 Å². The number of hydrogen-bond donors (Lipinski definition) is 0. The molecule has 3 rings (SSSR count). The van der Waals surface area contributed by atoms with Crippen molar-refractivity contribution in [2.45, 2.75) is 30.2 Å². The van der Waals surface area contributed by atoms with E-state index in [0.29, 0.717) is 18.9 Å². The molecule has 2 aromatic rings. The first-order valence-electron chi connectivity index (χ1n) is 9.94. The summed E-state index contributed by atoms with van der Waals surface area (Å²) < 4.78 is 38.8. The van der Waals surface area contributed by atoms with Crippen molar-refractivity contribution in [2.75, 3.05) is 47.0 Å². The van der Waals surface area contributed by atoms with Crippen molar-refractivity contribution in [1.82, 2.24) is 9.21 Å². The summed E-state index contributed by atoms with van der Waals surface area (Å²) >= 11 is 1.79. The van der Waals surface area contributed by atoms with Crippen molar-refractivity contribution >= 4 is 21.4 Å². The van der Waals surface area contributed by atoms with Gasteiger partial charge in [-0.3, -0.25) is 0 Å². The van der Waals surface area contributed by atoms with Crippen molar-refractivity contribution in [1.29, 1.82) is 0 Å². The van der Waals surface area contributed by atoms with Gasteiger partial charge in [-0.1, -0.05) is 12.1 Å². The van der Waals surface area contributed by atoms with Crippen molar-refractivity contribution in [2.24, 2.45) is 0 Å². The lowest BCUT2D eigenvalue weighted by molar-refractivity contribution is 0.128. The van der Waals surface area contributed by atoms with E-state index in [1.165, 1.54) is 4.88 Å². The van der Waals surface area contributed by atoms with Crippen LogP contribution in [-0.4, -0.2) is 70.7 Å². The number of piperidine rings is 1. The summed E-state index contributed by atoms with van der Waals surface area (Å²) in [6.07, 6.45) is 2.71. The predicted molar refractivity (Wildman–Crippen MR) is 116 cm³/mol. The lowest BCUT2D eigenvalue weighted by atomic mass is 10.0. The van der Waals surface area contributed by atoms with E-state index in [0.717, 1.165) is 38.9 Å². The number of methoxy groups -OCH3 is 2. The highest BCUT2D eigenvalue weighted by atomic mass is 32.2. The number of likely N-dealkylation sites (tertiary alicyclic amines) is 1. The van der Waals surface area contributed by atoms with Gasteiger partial charge in [0.15, 0.2) is 0 Å². The molecule has 8 heteroatoms. The van der Waals surface area contributed by atoms with Gasteiger partial charge in [-0.25, -0.2) is 8.42 Å². The van der Waals surface area contributed by atoms with Crippen LogP contribution in [0.1, 0.15) is 17.7 Å². The largest absolute Gasteiger partial charge is 0.497 e. The molecule has 29 heavy (non-hydrogen) atoms. The van der Waals surface area contributed by atoms with E-state index in [9.17, 15) is 8.42 Å². The minimum atomic E-state index is -3.61. The topological polar surface area (TPSA) is 59.1 Å². The minimum absolute atomic E-state index is 0.0145. The highest BCUT2D eigenvalue weighted by Crippen LogP contribution is 2.26. The maximum atomic E-state index is 13.4. The number of rotatable bonds is 10. The molecule has 0 atom stereocenters. The van der Waals surface area contributed by atoms with Crippen molar-refractivity contribution in [3.05, 3.63) is 46.7 Å². The van der Waals surface area contributed by atoms with Gasteiger partial charge in [0.05, 0.1) is 18.6 Å². The van der Waals surface area contributed by atoms with Gasteiger partial charge in [-0.2, -0.15) is 4.31 Å². The van der Waals surface area contributed by atoms with Gasteiger partial charge < -0.3 is 14.4 Å². The first kappa shape index (κ1) is 22.2. The van der Waals surface area contributed by atoms with E-state index < -0.39 is 10.0 Å². The first-order chi connectivity index (χ1) is 14.0. The van der Waals surface area contributed by atoms with Gasteiger partial charge in [0.1, 0.15) is 5.75 Å². The molecule has 1 aromatic heterocycles. The van der Waals surface area contributed by atoms with Crippen LogP contribution in [0.15, 0.2) is 46.7 Å². The van der Waals surface area contributed by atoms with Crippen LogP contribution in [0.3, 0.4) is 0 Å². The van der Waals surface area contributed by atoms with Crippen LogP contribution >= 0.6 is 11.3 Å². The average molecular weight is 439 g/mol. The molecule has 0 bridgehead atoms. The molecule has 160 valence electrons. The van der Waals surface area contributed by atoms with Gasteiger partial charge in [0.25, 0.3) is 0 Å². The summed E-state index contributed by atoms with van der Waals surface area (Å²) in [5.41, 5.74) is 0. The van der Waals surface area contributed by atoms with Gasteiger partial charge in [-0.05, 0) is 55.9 Å². The Kier molecular flexibility index (Phi) is 8.08. The molecule has 0 spiro atoms. The third-order valence-corrected chi connectivity index (χ3v) is 8.27. The molecule has 0 aliphatic carbocycles. The van der Waals surface area contributed by atoms with E-state index in [1.807, 2.05) is 0 Å². The molecule has 0 radical (unpaired) electrons. The van der Waals surface area contributed by atoms with E-state index in [2.05, 4.69) is 22.4 Å². The number of ether oxygens (including phenoxy) is 2. The lowest BCUT2D eigenvalue weighted by Gasteiger charge is -2.37. The Morgan fingerprint density at radius 3 is 2.62 bits per heavy atom. The van der Waals surface area contributed by atoms with Crippen LogP contribution < -0.4 is 4.74 Å². The van der Waals surface area contributed by atoms with Crippen LogP contribution in [-0.2, 0) is 21.2 Å². The zero-order chi connectivity index (χ0) is 20.7. The average Bonchev–Trinajstić information content (AvgIpc) is 3.27. The zero-order valence-electron chi connectivity index (χ0n) is 17.1. The number of hydrogen-bond acceptors (Lipinski definition) is 6. The molecule has 0 unspecified atom stereocenters. The summed E-state index contributed by atoms with van der Waals surface area (Å²) in [5.74, 6) is 0.543. The smallest absolute Gasteiger partial charge is 0.243 e. The van der Waals surface area contributed by atoms with Gasteiger partial charge in [-0.15, -0.1) is 11.3 Å². The highest BCUT2D eigenvalue weighted by Gasteiger charge is 2.33. The number of sulfonamides is 1. The van der Waals surface area contributed by atoms with Gasteiger partial charge in [0.2, 0.25) is 10.0 Å². The Bertz CT molecular complexity index is 847. The molecule has 1 saturated heterocycles. The monoisotopic (exact) mass is 438 g/mol. The van der Waals surface area contributed by atoms with Crippen molar-refractivity contribution in [3.8, 4) is 5.75 Å². The maximum absolute atomic E-state index is 13.4. The third kappa shape index (κ3) is 5.79. The molecule has 1 aliphatic heterocycles. The summed E-state index contributed by atoms with van der Waals surface area (Å²) in [6, 6.07) is 10.9. The molecular weight excluding hydrogens is 408 g/mol. The number of nitrogens with zero attached hydrogens (tertiary/aromatic N) is 2. The lowest BCUT2D eigenvalue weighted by Crippen LogP contribution is -2.48. The second-order valence-corrected chi connectivity index (χ2v) is 10.1. The second-order valence-electron chi connectivity index (χ2n) is 7.19. The Hall–Kier alpha value is -1.45. The molecule has 0 saturated carbocycles. The first-order valence-corrected chi connectivity index (χ1v) is 12.3. The quantitative estimate of drug-likeness (QED) is 0.571. The zero-order valence-corrected chi connectivity index (χ0v) is 18.8. The normalized spacial score (nSPS) is 16.4. The van der Waals surface area contributed by atoms with E-state index in [1.54, 1.807) is 54.1 Å². The molecule has 1 aromatic carbocycles. The number of benzene rings is 1. The molecule has 2 heterocycles. The standard InChI is InChI=1S/C21H30N2O4S2/c1-26-15-14-23(29(24,25)21-7-3-5-19(17-21)27-2)18-8-11-22(12-9-18)13-10-20-6-4-16-28-20/h3-7,16-18H,8-15H2,1-2H3.